The van der Waals surface area contributed by atoms with Crippen LogP contribution in [-0.4, -0.2) is 46.1 Å². The minimum absolute atomic E-state index is 0.0451. The van der Waals surface area contributed by atoms with Gasteiger partial charge in [-0.2, -0.15) is 0 Å². The summed E-state index contributed by atoms with van der Waals surface area (Å²) in [5.41, 5.74) is 5.49. The number of rotatable bonds is 9. The Bertz CT molecular complexity index is 1360. The molecule has 3 aromatic carbocycles. The summed E-state index contributed by atoms with van der Waals surface area (Å²) >= 11 is 0. The van der Waals surface area contributed by atoms with Crippen LogP contribution in [-0.2, 0) is 18.6 Å². The zero-order chi connectivity index (χ0) is 30.3. The van der Waals surface area contributed by atoms with Crippen molar-refractivity contribution in [2.45, 2.75) is 83.0 Å². The van der Waals surface area contributed by atoms with E-state index in [4.69, 9.17) is 23.4 Å². The maximum absolute atomic E-state index is 6.93. The van der Waals surface area contributed by atoms with Crippen molar-refractivity contribution in [1.29, 1.82) is 0 Å². The van der Waals surface area contributed by atoms with Crippen LogP contribution in [0.3, 0.4) is 0 Å². The van der Waals surface area contributed by atoms with Crippen LogP contribution in [0.5, 0.6) is 5.75 Å². The minimum atomic E-state index is -2.08. The fourth-order valence-corrected chi connectivity index (χ4v) is 6.95. The lowest BCUT2D eigenvalue weighted by Crippen LogP contribution is -2.47. The molecule has 0 aromatic heterocycles. The average Bonchev–Trinajstić information content (AvgIpc) is 3.38. The Morgan fingerprint density at radius 2 is 1.38 bits per heavy atom. The molecule has 2 aliphatic rings. The molecule has 0 bridgehead atoms. The molecule has 3 aromatic rings. The molecule has 1 heterocycles. The van der Waals surface area contributed by atoms with E-state index in [0.717, 1.165) is 33.6 Å². The third kappa shape index (κ3) is 6.29. The van der Waals surface area contributed by atoms with Crippen molar-refractivity contribution in [3.8, 4) is 16.9 Å². The van der Waals surface area contributed by atoms with Crippen molar-refractivity contribution >= 4 is 8.32 Å². The summed E-state index contributed by atoms with van der Waals surface area (Å²) < 4.78 is 32.0. The standard InChI is InChI=1S/C36H46O5Si/c1-24-30(33-34(40-36(5,6)39-33)31(24)41-42(8,9)35(2,3)4)23-38-32(27-13-11-10-12-14-27)28-17-15-25(16-18-28)26-19-21-29(37-7)22-20-26/h10-22,30-34H,1,23H2,2-9H3. The van der Waals surface area contributed by atoms with E-state index < -0.39 is 14.1 Å². The lowest BCUT2D eigenvalue weighted by Gasteiger charge is -2.40. The smallest absolute Gasteiger partial charge is 0.193 e. The Morgan fingerprint density at radius 1 is 0.833 bits per heavy atom. The summed E-state index contributed by atoms with van der Waals surface area (Å²) in [6.07, 6.45) is -0.825. The van der Waals surface area contributed by atoms with Crippen LogP contribution in [0.2, 0.25) is 18.1 Å². The number of hydrogen-bond acceptors (Lipinski definition) is 5. The Hall–Kier alpha value is -2.74. The van der Waals surface area contributed by atoms with Crippen LogP contribution in [0.4, 0.5) is 0 Å². The Balaban J connectivity index is 1.39. The van der Waals surface area contributed by atoms with Crippen molar-refractivity contribution in [3.05, 3.63) is 102 Å². The monoisotopic (exact) mass is 586 g/mol. The van der Waals surface area contributed by atoms with Gasteiger partial charge in [0.2, 0.25) is 0 Å². The molecule has 0 spiro atoms. The van der Waals surface area contributed by atoms with Gasteiger partial charge >= 0.3 is 0 Å². The number of ether oxygens (including phenoxy) is 4. The van der Waals surface area contributed by atoms with Crippen LogP contribution >= 0.6 is 0 Å². The van der Waals surface area contributed by atoms with Crippen molar-refractivity contribution in [3.63, 3.8) is 0 Å². The summed E-state index contributed by atoms with van der Waals surface area (Å²) in [4.78, 5) is 0. The summed E-state index contributed by atoms with van der Waals surface area (Å²) in [6.45, 7) is 20.3. The van der Waals surface area contributed by atoms with E-state index in [9.17, 15) is 0 Å². The Kier molecular flexibility index (Phi) is 8.58. The molecule has 5 nitrogen and oxygen atoms in total. The van der Waals surface area contributed by atoms with Gasteiger partial charge in [-0.3, -0.25) is 0 Å². The fraction of sp³-hybridized carbons (Fsp3) is 0.444. The molecule has 224 valence electrons. The zero-order valence-corrected chi connectivity index (χ0v) is 27.3. The highest BCUT2D eigenvalue weighted by Crippen LogP contribution is 2.49. The van der Waals surface area contributed by atoms with Gasteiger partial charge in [0, 0.05) is 5.92 Å². The Labute approximate surface area is 252 Å². The predicted molar refractivity (Wildman–Crippen MR) is 171 cm³/mol. The molecule has 0 radical (unpaired) electrons. The number of benzene rings is 3. The van der Waals surface area contributed by atoms with E-state index in [-0.39, 0.29) is 35.4 Å². The van der Waals surface area contributed by atoms with Gasteiger partial charge in [-0.1, -0.05) is 94.1 Å². The second-order valence-electron chi connectivity index (χ2n) is 13.5. The molecule has 0 amide bonds. The van der Waals surface area contributed by atoms with E-state index in [1.54, 1.807) is 7.11 Å². The quantitative estimate of drug-likeness (QED) is 0.186. The SMILES string of the molecule is C=C1C(COC(c2ccccc2)c2ccc(-c3ccc(OC)cc3)cc2)C2OC(C)(C)OC2C1O[Si](C)(C)C(C)(C)C. The van der Waals surface area contributed by atoms with Crippen LogP contribution in [0.1, 0.15) is 51.8 Å². The van der Waals surface area contributed by atoms with Gasteiger partial charge in [-0.15, -0.1) is 0 Å². The van der Waals surface area contributed by atoms with Gasteiger partial charge in [-0.05, 0) is 71.9 Å². The van der Waals surface area contributed by atoms with Gasteiger partial charge in [-0.25, -0.2) is 0 Å². The number of hydrogen-bond donors (Lipinski definition) is 0. The molecule has 42 heavy (non-hydrogen) atoms. The summed E-state index contributed by atoms with van der Waals surface area (Å²) in [5, 5.41) is 0.0722. The summed E-state index contributed by atoms with van der Waals surface area (Å²) in [5.74, 6) is 0.122. The maximum Gasteiger partial charge on any atom is 0.193 e. The van der Waals surface area contributed by atoms with Crippen LogP contribution in [0.25, 0.3) is 11.1 Å². The van der Waals surface area contributed by atoms with Crippen molar-refractivity contribution in [1.82, 2.24) is 0 Å². The fourth-order valence-electron chi connectivity index (χ4n) is 5.68. The molecule has 5 rings (SSSR count). The molecule has 2 fully saturated rings. The first-order chi connectivity index (χ1) is 19.8. The third-order valence-electron chi connectivity index (χ3n) is 9.11. The van der Waals surface area contributed by atoms with Crippen LogP contribution in [0, 0.1) is 5.92 Å². The molecule has 1 saturated heterocycles. The maximum atomic E-state index is 6.93. The molecule has 1 saturated carbocycles. The second kappa shape index (κ2) is 11.7. The first-order valence-corrected chi connectivity index (χ1v) is 17.8. The molecule has 5 atom stereocenters. The molecule has 1 aliphatic carbocycles. The predicted octanol–water partition coefficient (Wildman–Crippen LogP) is 8.56. The second-order valence-corrected chi connectivity index (χ2v) is 18.3. The molecular formula is C36H46O5Si. The van der Waals surface area contributed by atoms with Gasteiger partial charge in [0.15, 0.2) is 14.1 Å². The van der Waals surface area contributed by atoms with E-state index in [1.807, 2.05) is 32.0 Å². The van der Waals surface area contributed by atoms with E-state index >= 15 is 0 Å². The van der Waals surface area contributed by atoms with Crippen molar-refractivity contribution < 1.29 is 23.4 Å². The summed E-state index contributed by atoms with van der Waals surface area (Å²) in [6, 6.07) is 27.1. The molecule has 5 unspecified atom stereocenters. The first kappa shape index (κ1) is 30.7. The van der Waals surface area contributed by atoms with Crippen molar-refractivity contribution in [2.24, 2.45) is 5.92 Å². The minimum Gasteiger partial charge on any atom is -0.497 e. The summed E-state index contributed by atoms with van der Waals surface area (Å²) in [7, 11) is -0.397. The van der Waals surface area contributed by atoms with Crippen LogP contribution in [0.15, 0.2) is 91.0 Å². The highest BCUT2D eigenvalue weighted by atomic mass is 28.4. The Morgan fingerprint density at radius 3 is 1.95 bits per heavy atom. The third-order valence-corrected chi connectivity index (χ3v) is 13.6. The topological polar surface area (TPSA) is 46.2 Å². The van der Waals surface area contributed by atoms with Crippen molar-refractivity contribution in [2.75, 3.05) is 13.7 Å². The highest BCUT2D eigenvalue weighted by molar-refractivity contribution is 6.74. The normalized spacial score (nSPS) is 24.4. The van der Waals surface area contributed by atoms with Gasteiger partial charge in [0.25, 0.3) is 0 Å². The zero-order valence-electron chi connectivity index (χ0n) is 26.3. The molecule has 0 N–H and O–H groups in total. The van der Waals surface area contributed by atoms with E-state index in [1.165, 1.54) is 0 Å². The highest BCUT2D eigenvalue weighted by Gasteiger charge is 2.58. The van der Waals surface area contributed by atoms with Gasteiger partial charge in [0.1, 0.15) is 18.0 Å². The lowest BCUT2D eigenvalue weighted by molar-refractivity contribution is -0.162. The average molecular weight is 587 g/mol. The van der Waals surface area contributed by atoms with E-state index in [2.05, 4.69) is 101 Å². The number of methoxy groups -OCH3 is 1. The molecule has 6 heteroatoms. The molecular weight excluding hydrogens is 540 g/mol. The molecule has 1 aliphatic heterocycles. The largest absolute Gasteiger partial charge is 0.497 e. The van der Waals surface area contributed by atoms with Gasteiger partial charge < -0.3 is 23.4 Å². The lowest BCUT2D eigenvalue weighted by atomic mass is 9.97. The van der Waals surface area contributed by atoms with Gasteiger partial charge in [0.05, 0.1) is 25.9 Å². The number of fused-ring (bicyclic) bond motifs is 1. The first-order valence-electron chi connectivity index (χ1n) is 14.9. The van der Waals surface area contributed by atoms with E-state index in [0.29, 0.717) is 6.61 Å². The van der Waals surface area contributed by atoms with Crippen LogP contribution < -0.4 is 4.74 Å².